The van der Waals surface area contributed by atoms with Crippen LogP contribution in [0.15, 0.2) is 47.6 Å². The summed E-state index contributed by atoms with van der Waals surface area (Å²) in [4.78, 5) is 35.6. The molecular weight excluding hydrogens is 360 g/mol. The number of aromatic hydroxyl groups is 1. The molecule has 0 saturated heterocycles. The van der Waals surface area contributed by atoms with Gasteiger partial charge in [-0.15, -0.1) is 0 Å². The second kappa shape index (κ2) is 9.31. The van der Waals surface area contributed by atoms with Gasteiger partial charge in [0.2, 0.25) is 11.8 Å². The number of carbonyl (C=O) groups excluding carboxylic acids is 3. The van der Waals surface area contributed by atoms with Crippen LogP contribution in [0.1, 0.15) is 36.2 Å². The van der Waals surface area contributed by atoms with Gasteiger partial charge in [-0.1, -0.05) is 24.3 Å². The van der Waals surface area contributed by atoms with Crippen molar-refractivity contribution in [1.82, 2.24) is 5.43 Å². The number of para-hydroxylation sites is 3. The molecule has 0 radical (unpaired) electrons. The monoisotopic (exact) mass is 382 g/mol. The first-order valence-electron chi connectivity index (χ1n) is 8.56. The Morgan fingerprint density at radius 2 is 1.61 bits per heavy atom. The Morgan fingerprint density at radius 1 is 0.964 bits per heavy atom. The number of phenols is 1. The molecular formula is C20H22N4O4. The van der Waals surface area contributed by atoms with Crippen LogP contribution in [0.4, 0.5) is 11.4 Å². The average molecular weight is 382 g/mol. The fourth-order valence-electron chi connectivity index (χ4n) is 2.41. The lowest BCUT2D eigenvalue weighted by atomic mass is 10.1. The van der Waals surface area contributed by atoms with Gasteiger partial charge >= 0.3 is 0 Å². The molecule has 8 nitrogen and oxygen atoms in total. The van der Waals surface area contributed by atoms with Crippen LogP contribution in [0.2, 0.25) is 0 Å². The van der Waals surface area contributed by atoms with Gasteiger partial charge in [-0.3, -0.25) is 14.4 Å². The maximum atomic E-state index is 12.2. The minimum atomic E-state index is -0.572. The summed E-state index contributed by atoms with van der Waals surface area (Å²) < 4.78 is 0. The molecule has 28 heavy (non-hydrogen) atoms. The largest absolute Gasteiger partial charge is 0.507 e. The van der Waals surface area contributed by atoms with Crippen molar-refractivity contribution >= 4 is 34.8 Å². The van der Waals surface area contributed by atoms with Crippen molar-refractivity contribution in [3.8, 4) is 5.75 Å². The van der Waals surface area contributed by atoms with E-state index < -0.39 is 5.91 Å². The van der Waals surface area contributed by atoms with Gasteiger partial charge in [0, 0.05) is 12.6 Å². The van der Waals surface area contributed by atoms with Crippen molar-refractivity contribution in [3.63, 3.8) is 0 Å². The second-order valence-electron chi connectivity index (χ2n) is 6.21. The first-order chi connectivity index (χ1) is 13.3. The van der Waals surface area contributed by atoms with E-state index in [4.69, 9.17) is 0 Å². The zero-order chi connectivity index (χ0) is 20.7. The van der Waals surface area contributed by atoms with Crippen molar-refractivity contribution in [3.05, 3.63) is 53.6 Å². The van der Waals surface area contributed by atoms with Crippen LogP contribution in [0, 0.1) is 6.92 Å². The van der Waals surface area contributed by atoms with Gasteiger partial charge in [-0.05, 0) is 37.6 Å². The van der Waals surface area contributed by atoms with Gasteiger partial charge in [0.25, 0.3) is 5.91 Å². The summed E-state index contributed by atoms with van der Waals surface area (Å²) in [5.41, 5.74) is 4.32. The number of hydrogen-bond donors (Lipinski definition) is 4. The van der Waals surface area contributed by atoms with Gasteiger partial charge in [0.15, 0.2) is 0 Å². The smallest absolute Gasteiger partial charge is 0.275 e. The number of carbonyl (C=O) groups is 3. The number of aryl methyl sites for hydroxylation is 1. The third-order valence-corrected chi connectivity index (χ3v) is 3.76. The predicted octanol–water partition coefficient (Wildman–Crippen LogP) is 2.79. The molecule has 0 unspecified atom stereocenters. The highest BCUT2D eigenvalue weighted by molar-refractivity contribution is 6.08. The lowest BCUT2D eigenvalue weighted by Crippen LogP contribution is -2.22. The number of benzene rings is 2. The Bertz CT molecular complexity index is 938. The third kappa shape index (κ3) is 5.66. The highest BCUT2D eigenvalue weighted by Crippen LogP contribution is 2.22. The number of anilines is 2. The summed E-state index contributed by atoms with van der Waals surface area (Å²) in [7, 11) is 0. The summed E-state index contributed by atoms with van der Waals surface area (Å²) in [5, 5.41) is 19.2. The predicted molar refractivity (Wildman–Crippen MR) is 107 cm³/mol. The first-order valence-corrected chi connectivity index (χ1v) is 8.56. The van der Waals surface area contributed by atoms with Gasteiger partial charge in [-0.25, -0.2) is 5.43 Å². The van der Waals surface area contributed by atoms with Crippen LogP contribution in [-0.4, -0.2) is 28.5 Å². The number of phenolic OH excluding ortho intramolecular Hbond substituents is 1. The minimum Gasteiger partial charge on any atom is -0.507 e. The van der Waals surface area contributed by atoms with Crippen molar-refractivity contribution in [1.29, 1.82) is 0 Å². The standard InChI is InChI=1S/C20H22N4O4/c1-12-7-6-8-15(19(12)27)20(28)24-23-13(2)11-18(26)22-17-10-5-4-9-16(17)21-14(3)25/h4-10,27H,11H2,1-3H3,(H,21,25)(H,22,26)(H,24,28)/b23-13+. The van der Waals surface area contributed by atoms with E-state index in [-0.39, 0.29) is 29.5 Å². The summed E-state index contributed by atoms with van der Waals surface area (Å²) >= 11 is 0. The number of amides is 3. The number of nitrogens with one attached hydrogen (secondary N) is 3. The summed E-state index contributed by atoms with van der Waals surface area (Å²) in [5.74, 6) is -1.29. The molecule has 0 atom stereocenters. The lowest BCUT2D eigenvalue weighted by molar-refractivity contribution is -0.115. The topological polar surface area (TPSA) is 120 Å². The van der Waals surface area contributed by atoms with E-state index in [1.165, 1.54) is 13.0 Å². The van der Waals surface area contributed by atoms with E-state index in [0.29, 0.717) is 22.6 Å². The van der Waals surface area contributed by atoms with Gasteiger partial charge in [0.05, 0.1) is 23.4 Å². The average Bonchev–Trinajstić information content (AvgIpc) is 2.63. The molecule has 0 spiro atoms. The van der Waals surface area contributed by atoms with E-state index >= 15 is 0 Å². The van der Waals surface area contributed by atoms with E-state index in [0.717, 1.165) is 0 Å². The zero-order valence-corrected chi connectivity index (χ0v) is 15.9. The van der Waals surface area contributed by atoms with E-state index in [1.54, 1.807) is 50.2 Å². The Kier molecular flexibility index (Phi) is 6.86. The molecule has 2 rings (SSSR count). The number of hydrazone groups is 1. The normalized spacial score (nSPS) is 10.9. The van der Waals surface area contributed by atoms with E-state index in [1.807, 2.05) is 0 Å². The molecule has 0 aliphatic rings. The number of nitrogens with zero attached hydrogens (tertiary/aromatic N) is 1. The van der Waals surface area contributed by atoms with Crippen LogP contribution < -0.4 is 16.1 Å². The quantitative estimate of drug-likeness (QED) is 0.453. The molecule has 2 aromatic rings. The van der Waals surface area contributed by atoms with Crippen molar-refractivity contribution < 1.29 is 19.5 Å². The number of hydrogen-bond acceptors (Lipinski definition) is 5. The van der Waals surface area contributed by atoms with Crippen molar-refractivity contribution in [2.24, 2.45) is 5.10 Å². The molecule has 146 valence electrons. The molecule has 4 N–H and O–H groups in total. The van der Waals surface area contributed by atoms with Crippen molar-refractivity contribution in [2.45, 2.75) is 27.2 Å². The van der Waals surface area contributed by atoms with Crippen LogP contribution in [0.5, 0.6) is 5.75 Å². The van der Waals surface area contributed by atoms with E-state index in [2.05, 4.69) is 21.2 Å². The molecule has 0 aromatic heterocycles. The maximum Gasteiger partial charge on any atom is 0.275 e. The van der Waals surface area contributed by atoms with Crippen LogP contribution in [-0.2, 0) is 9.59 Å². The zero-order valence-electron chi connectivity index (χ0n) is 15.9. The Morgan fingerprint density at radius 3 is 2.25 bits per heavy atom. The Balaban J connectivity index is 1.98. The molecule has 0 aliphatic heterocycles. The highest BCUT2D eigenvalue weighted by atomic mass is 16.3. The van der Waals surface area contributed by atoms with Gasteiger partial charge in [-0.2, -0.15) is 5.10 Å². The lowest BCUT2D eigenvalue weighted by Gasteiger charge is -2.11. The fourth-order valence-corrected chi connectivity index (χ4v) is 2.41. The number of rotatable bonds is 6. The molecule has 2 aromatic carbocycles. The SMILES string of the molecule is CC(=O)Nc1ccccc1NC(=O)C/C(C)=N/NC(=O)c1cccc(C)c1O. The summed E-state index contributed by atoms with van der Waals surface area (Å²) in [6.45, 7) is 4.66. The molecule has 0 aliphatic carbocycles. The minimum absolute atomic E-state index is 0.0610. The second-order valence-corrected chi connectivity index (χ2v) is 6.21. The Labute approximate surface area is 162 Å². The molecule has 8 heteroatoms. The molecule has 0 fully saturated rings. The first kappa shape index (κ1) is 20.6. The van der Waals surface area contributed by atoms with Gasteiger partial charge in [0.1, 0.15) is 5.75 Å². The maximum absolute atomic E-state index is 12.2. The van der Waals surface area contributed by atoms with Crippen LogP contribution in [0.25, 0.3) is 0 Å². The molecule has 0 saturated carbocycles. The fraction of sp³-hybridized carbons (Fsp3) is 0.200. The molecule has 3 amide bonds. The van der Waals surface area contributed by atoms with Crippen LogP contribution >= 0.6 is 0 Å². The third-order valence-electron chi connectivity index (χ3n) is 3.76. The van der Waals surface area contributed by atoms with Gasteiger partial charge < -0.3 is 15.7 Å². The Hall–Kier alpha value is -3.68. The summed E-state index contributed by atoms with van der Waals surface area (Å²) in [6, 6.07) is 11.6. The van der Waals surface area contributed by atoms with E-state index in [9.17, 15) is 19.5 Å². The van der Waals surface area contributed by atoms with Crippen LogP contribution in [0.3, 0.4) is 0 Å². The molecule has 0 bridgehead atoms. The highest BCUT2D eigenvalue weighted by Gasteiger charge is 2.13. The summed E-state index contributed by atoms with van der Waals surface area (Å²) in [6.07, 6.45) is -0.0610. The molecule has 0 heterocycles. The van der Waals surface area contributed by atoms with Crippen molar-refractivity contribution in [2.75, 3.05) is 10.6 Å².